The van der Waals surface area contributed by atoms with Crippen LogP contribution < -0.4 is 5.32 Å². The predicted octanol–water partition coefficient (Wildman–Crippen LogP) is 1.16. The molecule has 1 heteroatoms. The number of hydrogen-bond donors (Lipinski definition) is 1. The molecule has 0 saturated carbocycles. The van der Waals surface area contributed by atoms with Crippen LogP contribution >= 0.6 is 0 Å². The number of hydrogen-bond acceptors (Lipinski definition) is 1. The monoisotopic (exact) mass is 195 g/mol. The third kappa shape index (κ3) is 7.28. The van der Waals surface area contributed by atoms with Crippen LogP contribution in [0.3, 0.4) is 0 Å². The largest absolute Gasteiger partial charge is 0.295 e. The molecule has 0 radical (unpaired) electrons. The molecule has 1 aliphatic heterocycles. The van der Waals surface area contributed by atoms with E-state index < -0.39 is 0 Å². The van der Waals surface area contributed by atoms with Crippen molar-refractivity contribution in [3.8, 4) is 47.4 Å². The summed E-state index contributed by atoms with van der Waals surface area (Å²) in [5.41, 5.74) is 0. The summed E-state index contributed by atoms with van der Waals surface area (Å²) < 4.78 is 0. The quantitative estimate of drug-likeness (QED) is 0.572. The third-order valence-corrected chi connectivity index (χ3v) is 1.76. The molecule has 0 bridgehead atoms. The molecule has 0 saturated heterocycles. The van der Waals surface area contributed by atoms with Crippen molar-refractivity contribution in [2.45, 2.75) is 25.7 Å². The Kier molecular flexibility index (Phi) is 6.60. The predicted molar refractivity (Wildman–Crippen MR) is 62.4 cm³/mol. The van der Waals surface area contributed by atoms with E-state index in [1.807, 2.05) is 0 Å². The molecule has 0 spiro atoms. The lowest BCUT2D eigenvalue weighted by Crippen LogP contribution is -2.13. The van der Waals surface area contributed by atoms with Crippen LogP contribution in [-0.2, 0) is 0 Å². The van der Waals surface area contributed by atoms with E-state index in [9.17, 15) is 0 Å². The third-order valence-electron chi connectivity index (χ3n) is 1.76. The first kappa shape index (κ1) is 11.3. The minimum atomic E-state index is 0.636. The fourth-order valence-corrected chi connectivity index (χ4v) is 1.00. The first-order valence-electron chi connectivity index (χ1n) is 5.12. The van der Waals surface area contributed by atoms with Crippen molar-refractivity contribution in [2.75, 3.05) is 13.1 Å². The first-order valence-corrected chi connectivity index (χ1v) is 5.12. The Labute approximate surface area is 92.0 Å². The highest BCUT2D eigenvalue weighted by atomic mass is 14.8. The number of nitrogens with one attached hydrogen (secondary N) is 1. The molecule has 1 nitrogen and oxygen atoms in total. The summed E-state index contributed by atoms with van der Waals surface area (Å²) in [7, 11) is 0. The van der Waals surface area contributed by atoms with Crippen molar-refractivity contribution >= 4 is 0 Å². The molecule has 0 aromatic carbocycles. The molecule has 1 rings (SSSR count). The highest BCUT2D eigenvalue weighted by Gasteiger charge is 1.82. The van der Waals surface area contributed by atoms with Gasteiger partial charge in [-0.25, -0.2) is 0 Å². The average molecular weight is 195 g/mol. The summed E-state index contributed by atoms with van der Waals surface area (Å²) in [6, 6.07) is 0. The van der Waals surface area contributed by atoms with Gasteiger partial charge in [-0.3, -0.25) is 5.32 Å². The summed E-state index contributed by atoms with van der Waals surface area (Å²) in [4.78, 5) is 0. The Morgan fingerprint density at radius 1 is 0.600 bits per heavy atom. The Balaban J connectivity index is 2.45. The molecule has 1 aliphatic rings. The molecule has 1 N–H and O–H groups in total. The minimum absolute atomic E-state index is 0.636. The van der Waals surface area contributed by atoms with Crippen molar-refractivity contribution in [3.05, 3.63) is 0 Å². The molecule has 0 aromatic heterocycles. The summed E-state index contributed by atoms with van der Waals surface area (Å²) in [5, 5.41) is 3.07. The lowest BCUT2D eigenvalue weighted by Gasteiger charge is -1.87. The zero-order valence-corrected chi connectivity index (χ0v) is 8.74. The van der Waals surface area contributed by atoms with Gasteiger partial charge in [0, 0.05) is 12.8 Å². The Morgan fingerprint density at radius 2 is 1.07 bits per heavy atom. The smallest absolute Gasteiger partial charge is 0.0594 e. The molecule has 0 aromatic rings. The van der Waals surface area contributed by atoms with Gasteiger partial charge in [0.05, 0.1) is 13.1 Å². The van der Waals surface area contributed by atoms with Crippen LogP contribution in [0.15, 0.2) is 0 Å². The standard InChI is InChI=1S/C14H13N/c1-2-4-6-8-10-12-14-15-13-11-9-7-5-3-1/h15H,1-4,13-14H2. The van der Waals surface area contributed by atoms with Gasteiger partial charge in [0.25, 0.3) is 0 Å². The van der Waals surface area contributed by atoms with Crippen LogP contribution in [0.25, 0.3) is 0 Å². The SMILES string of the molecule is C1#CCCCCC#CC#CCNCC#C1. The summed E-state index contributed by atoms with van der Waals surface area (Å²) in [6.07, 6.45) is 4.01. The van der Waals surface area contributed by atoms with Gasteiger partial charge in [-0.1, -0.05) is 23.7 Å². The first-order chi connectivity index (χ1) is 7.50. The van der Waals surface area contributed by atoms with Gasteiger partial charge < -0.3 is 0 Å². The molecule has 0 atom stereocenters. The Hall–Kier alpha value is -1.80. The lowest BCUT2D eigenvalue weighted by atomic mass is 10.2. The second kappa shape index (κ2) is 8.78. The molecular weight excluding hydrogens is 182 g/mol. The van der Waals surface area contributed by atoms with Crippen molar-refractivity contribution in [3.63, 3.8) is 0 Å². The van der Waals surface area contributed by atoms with E-state index in [1.165, 1.54) is 0 Å². The average Bonchev–Trinajstić information content (AvgIpc) is 2.27. The van der Waals surface area contributed by atoms with E-state index in [0.717, 1.165) is 25.7 Å². The van der Waals surface area contributed by atoms with E-state index in [-0.39, 0.29) is 0 Å². The van der Waals surface area contributed by atoms with Crippen LogP contribution in [0, 0.1) is 47.4 Å². The van der Waals surface area contributed by atoms with E-state index in [0.29, 0.717) is 13.1 Å². The summed E-state index contributed by atoms with van der Waals surface area (Å²) in [6.45, 7) is 1.27. The van der Waals surface area contributed by atoms with Gasteiger partial charge in [-0.05, 0) is 36.5 Å². The van der Waals surface area contributed by atoms with Gasteiger partial charge in [-0.2, -0.15) is 0 Å². The van der Waals surface area contributed by atoms with Crippen LogP contribution in [0.2, 0.25) is 0 Å². The van der Waals surface area contributed by atoms with E-state index in [1.54, 1.807) is 0 Å². The minimum Gasteiger partial charge on any atom is -0.295 e. The highest BCUT2D eigenvalue weighted by Crippen LogP contribution is 1.96. The van der Waals surface area contributed by atoms with Gasteiger partial charge in [0.1, 0.15) is 0 Å². The molecule has 15 heavy (non-hydrogen) atoms. The fourth-order valence-electron chi connectivity index (χ4n) is 1.00. The van der Waals surface area contributed by atoms with Crippen LogP contribution in [-0.4, -0.2) is 13.1 Å². The topological polar surface area (TPSA) is 12.0 Å². The Morgan fingerprint density at radius 3 is 1.60 bits per heavy atom. The molecule has 74 valence electrons. The normalized spacial score (nSPS) is 15.5. The molecular formula is C14H13N. The second-order valence-electron chi connectivity index (χ2n) is 3.02. The summed E-state index contributed by atoms with van der Waals surface area (Å²) >= 11 is 0. The maximum atomic E-state index is 3.07. The zero-order valence-electron chi connectivity index (χ0n) is 8.74. The van der Waals surface area contributed by atoms with Crippen molar-refractivity contribution in [1.29, 1.82) is 0 Å². The second-order valence-corrected chi connectivity index (χ2v) is 3.02. The lowest BCUT2D eigenvalue weighted by molar-refractivity contribution is 0.782. The number of rotatable bonds is 0. The maximum absolute atomic E-state index is 3.07. The van der Waals surface area contributed by atoms with Gasteiger partial charge in [0.2, 0.25) is 0 Å². The van der Waals surface area contributed by atoms with Crippen molar-refractivity contribution in [2.24, 2.45) is 0 Å². The molecule has 0 unspecified atom stereocenters. The van der Waals surface area contributed by atoms with Gasteiger partial charge in [0.15, 0.2) is 0 Å². The van der Waals surface area contributed by atoms with Crippen LogP contribution in [0.5, 0.6) is 0 Å². The van der Waals surface area contributed by atoms with Crippen LogP contribution in [0.4, 0.5) is 0 Å². The van der Waals surface area contributed by atoms with Gasteiger partial charge >= 0.3 is 0 Å². The zero-order chi connectivity index (χ0) is 10.6. The summed E-state index contributed by atoms with van der Waals surface area (Å²) in [5.74, 6) is 23.1. The van der Waals surface area contributed by atoms with E-state index in [4.69, 9.17) is 0 Å². The molecule has 0 amide bonds. The van der Waals surface area contributed by atoms with Crippen molar-refractivity contribution in [1.82, 2.24) is 5.32 Å². The Bertz CT molecular complexity index is 373. The fraction of sp³-hybridized carbons (Fsp3) is 0.429. The molecule has 1 heterocycles. The maximum Gasteiger partial charge on any atom is 0.0594 e. The highest BCUT2D eigenvalue weighted by molar-refractivity contribution is 5.28. The van der Waals surface area contributed by atoms with E-state index >= 15 is 0 Å². The van der Waals surface area contributed by atoms with Crippen LogP contribution in [0.1, 0.15) is 25.7 Å². The van der Waals surface area contributed by atoms with E-state index in [2.05, 4.69) is 52.7 Å². The molecule has 0 fully saturated rings. The van der Waals surface area contributed by atoms with Gasteiger partial charge in [-0.15, -0.1) is 0 Å². The molecule has 0 aliphatic carbocycles. The van der Waals surface area contributed by atoms with Crippen molar-refractivity contribution < 1.29 is 0 Å².